The summed E-state index contributed by atoms with van der Waals surface area (Å²) in [6.45, 7) is 6.66. The second kappa shape index (κ2) is 12.7. The van der Waals surface area contributed by atoms with Crippen molar-refractivity contribution in [2.24, 2.45) is 11.7 Å². The predicted octanol–water partition coefficient (Wildman–Crippen LogP) is 4.03. The van der Waals surface area contributed by atoms with Gasteiger partial charge < -0.3 is 10.5 Å². The van der Waals surface area contributed by atoms with Gasteiger partial charge in [-0.15, -0.1) is 11.3 Å². The van der Waals surface area contributed by atoms with Crippen LogP contribution >= 0.6 is 23.1 Å². The molecule has 33 heavy (non-hydrogen) atoms. The summed E-state index contributed by atoms with van der Waals surface area (Å²) >= 11 is 3.10. The number of fused-ring (bicyclic) bond motifs is 1. The highest BCUT2D eigenvalue weighted by Crippen LogP contribution is 2.33. The minimum atomic E-state index is -4.21. The smallest absolute Gasteiger partial charge is 0.321 e. The number of aromatic nitrogens is 1. The highest BCUT2D eigenvalue weighted by molar-refractivity contribution is 8.01. The van der Waals surface area contributed by atoms with Crippen LogP contribution in [-0.4, -0.2) is 54.5 Å². The van der Waals surface area contributed by atoms with Gasteiger partial charge >= 0.3 is 5.97 Å². The summed E-state index contributed by atoms with van der Waals surface area (Å²) in [5.41, 5.74) is 6.24. The Morgan fingerprint density at radius 2 is 1.94 bits per heavy atom. The Kier molecular flexibility index (Phi) is 10.6. The second-order valence-corrected chi connectivity index (χ2v) is 12.2. The van der Waals surface area contributed by atoms with Crippen LogP contribution in [0.5, 0.6) is 0 Å². The molecule has 1 amide bonds. The molecule has 0 saturated carbocycles. The van der Waals surface area contributed by atoms with E-state index in [1.54, 1.807) is 44.7 Å². The van der Waals surface area contributed by atoms with Crippen LogP contribution in [0.1, 0.15) is 53.4 Å². The minimum Gasteiger partial charge on any atom is -0.465 e. The summed E-state index contributed by atoms with van der Waals surface area (Å²) in [5, 5.41) is 0. The fraction of sp³-hybridized carbons (Fsp3) is 0.591. The fourth-order valence-corrected chi connectivity index (χ4v) is 7.35. The van der Waals surface area contributed by atoms with Gasteiger partial charge in [0.25, 0.3) is 0 Å². The van der Waals surface area contributed by atoms with Crippen LogP contribution in [0.2, 0.25) is 0 Å². The highest BCUT2D eigenvalue weighted by Gasteiger charge is 2.38. The number of carbonyl (C=O) groups excluding carboxylic acids is 2. The fourth-order valence-electron chi connectivity index (χ4n) is 3.40. The molecule has 1 atom stereocenters. The molecule has 1 heterocycles. The summed E-state index contributed by atoms with van der Waals surface area (Å²) in [6.07, 6.45) is 4.70. The van der Waals surface area contributed by atoms with E-state index in [0.29, 0.717) is 5.52 Å². The number of benzene rings is 1. The van der Waals surface area contributed by atoms with Crippen LogP contribution in [0.15, 0.2) is 27.4 Å². The summed E-state index contributed by atoms with van der Waals surface area (Å²) in [7, 11) is -4.21. The lowest BCUT2D eigenvalue weighted by Crippen LogP contribution is -2.52. The number of unbranched alkanes of at least 4 members (excludes halogenated alkanes) is 3. The quantitative estimate of drug-likeness (QED) is 0.229. The zero-order valence-corrected chi connectivity index (χ0v) is 22.0. The normalized spacial score (nSPS) is 13.0. The average molecular weight is 516 g/mol. The van der Waals surface area contributed by atoms with Crippen molar-refractivity contribution >= 4 is 55.2 Å². The van der Waals surface area contributed by atoms with Gasteiger partial charge in [0.2, 0.25) is 15.9 Å². The van der Waals surface area contributed by atoms with Gasteiger partial charge in [0.1, 0.15) is 12.6 Å². The van der Waals surface area contributed by atoms with E-state index in [-0.39, 0.29) is 11.5 Å². The van der Waals surface area contributed by atoms with Crippen molar-refractivity contribution in [3.05, 3.63) is 18.2 Å². The molecule has 2 rings (SSSR count). The van der Waals surface area contributed by atoms with E-state index >= 15 is 0 Å². The van der Waals surface area contributed by atoms with Crippen molar-refractivity contribution in [2.45, 2.75) is 68.7 Å². The Morgan fingerprint density at radius 1 is 1.21 bits per heavy atom. The largest absolute Gasteiger partial charge is 0.465 e. The number of rotatable bonds is 14. The number of thioether (sulfide) groups is 1. The SMILES string of the molecule is CCCCCCSc1nc2ccc(S(=O)(=O)N(CC(=O)OCC)C(C(N)=O)C(C)C)cc2s1. The van der Waals surface area contributed by atoms with Crippen LogP contribution in [0.3, 0.4) is 0 Å². The number of sulfonamides is 1. The Labute approximate surface area is 204 Å². The van der Waals surface area contributed by atoms with Gasteiger partial charge in [-0.3, -0.25) is 9.59 Å². The molecule has 0 aliphatic heterocycles. The molecule has 1 unspecified atom stereocenters. The Morgan fingerprint density at radius 3 is 2.55 bits per heavy atom. The predicted molar refractivity (Wildman–Crippen MR) is 133 cm³/mol. The second-order valence-electron chi connectivity index (χ2n) is 7.96. The molecule has 0 aliphatic carbocycles. The van der Waals surface area contributed by atoms with Gasteiger partial charge in [-0.2, -0.15) is 4.31 Å². The monoisotopic (exact) mass is 515 g/mol. The number of amides is 1. The van der Waals surface area contributed by atoms with E-state index in [0.717, 1.165) is 25.5 Å². The summed E-state index contributed by atoms with van der Waals surface area (Å²) in [5.74, 6) is -1.03. The number of hydrogen-bond acceptors (Lipinski definition) is 8. The summed E-state index contributed by atoms with van der Waals surface area (Å²) in [6, 6.07) is 3.45. The van der Waals surface area contributed by atoms with Crippen molar-refractivity contribution in [1.29, 1.82) is 0 Å². The van der Waals surface area contributed by atoms with Crippen LogP contribution in [-0.2, 0) is 24.3 Å². The lowest BCUT2D eigenvalue weighted by molar-refractivity contribution is -0.144. The van der Waals surface area contributed by atoms with Gasteiger partial charge in [0, 0.05) is 5.75 Å². The van der Waals surface area contributed by atoms with E-state index in [1.807, 2.05) is 0 Å². The first kappa shape index (κ1) is 27.6. The van der Waals surface area contributed by atoms with Crippen molar-refractivity contribution < 1.29 is 22.7 Å². The maximum atomic E-state index is 13.5. The summed E-state index contributed by atoms with van der Waals surface area (Å²) in [4.78, 5) is 28.9. The molecule has 2 N–H and O–H groups in total. The van der Waals surface area contributed by atoms with Crippen molar-refractivity contribution in [3.63, 3.8) is 0 Å². The Bertz CT molecular complexity index is 1050. The number of primary amides is 1. The van der Waals surface area contributed by atoms with Gasteiger partial charge in [-0.05, 0) is 37.5 Å². The average Bonchev–Trinajstić information content (AvgIpc) is 3.14. The molecular weight excluding hydrogens is 482 g/mol. The van der Waals surface area contributed by atoms with Crippen LogP contribution in [0.25, 0.3) is 10.2 Å². The third kappa shape index (κ3) is 7.40. The lowest BCUT2D eigenvalue weighted by atomic mass is 10.0. The van der Waals surface area contributed by atoms with Crippen LogP contribution in [0.4, 0.5) is 0 Å². The molecule has 0 spiro atoms. The van der Waals surface area contributed by atoms with Crippen molar-refractivity contribution in [1.82, 2.24) is 9.29 Å². The van der Waals surface area contributed by atoms with E-state index in [2.05, 4.69) is 11.9 Å². The number of hydrogen-bond donors (Lipinski definition) is 1. The summed E-state index contributed by atoms with van der Waals surface area (Å²) < 4.78 is 34.5. The maximum absolute atomic E-state index is 13.5. The molecule has 1 aromatic heterocycles. The number of esters is 1. The maximum Gasteiger partial charge on any atom is 0.321 e. The molecule has 2 aromatic rings. The van der Waals surface area contributed by atoms with Gasteiger partial charge in [-0.25, -0.2) is 13.4 Å². The molecule has 0 saturated heterocycles. The molecule has 8 nitrogen and oxygen atoms in total. The third-order valence-electron chi connectivity index (χ3n) is 4.99. The van der Waals surface area contributed by atoms with E-state index in [4.69, 9.17) is 10.5 Å². The first-order chi connectivity index (χ1) is 15.6. The van der Waals surface area contributed by atoms with Crippen molar-refractivity contribution in [3.8, 4) is 0 Å². The Balaban J connectivity index is 2.35. The number of nitrogens with zero attached hydrogens (tertiary/aromatic N) is 2. The molecule has 0 aliphatic rings. The van der Waals surface area contributed by atoms with Crippen LogP contribution < -0.4 is 5.73 Å². The molecule has 0 bridgehead atoms. The van der Waals surface area contributed by atoms with Gasteiger partial charge in [-0.1, -0.05) is 51.8 Å². The standard InChI is InChI=1S/C22H33N3O5S3/c1-5-7-8-9-12-31-22-24-17-11-10-16(13-18(17)32-22)33(28,29)25(14-19(26)30-6-2)20(15(3)4)21(23)27/h10-11,13,15,20H,5-9,12,14H2,1-4H3,(H2,23,27). The van der Waals surface area contributed by atoms with E-state index < -0.39 is 40.4 Å². The zero-order valence-electron chi connectivity index (χ0n) is 19.6. The van der Waals surface area contributed by atoms with Gasteiger partial charge in [0.05, 0.1) is 21.7 Å². The highest BCUT2D eigenvalue weighted by atomic mass is 32.2. The third-order valence-corrected chi connectivity index (χ3v) is 9.06. The topological polar surface area (TPSA) is 120 Å². The van der Waals surface area contributed by atoms with E-state index in [1.165, 1.54) is 36.7 Å². The lowest BCUT2D eigenvalue weighted by Gasteiger charge is -2.30. The zero-order chi connectivity index (χ0) is 24.6. The molecule has 0 fully saturated rings. The number of thiazole rings is 1. The van der Waals surface area contributed by atoms with Crippen LogP contribution in [0, 0.1) is 5.92 Å². The molecule has 11 heteroatoms. The number of nitrogens with two attached hydrogens (primary N) is 1. The van der Waals surface area contributed by atoms with Gasteiger partial charge in [0.15, 0.2) is 4.34 Å². The molecular formula is C22H33N3O5S3. The first-order valence-electron chi connectivity index (χ1n) is 11.1. The molecule has 184 valence electrons. The Hall–Kier alpha value is -1.69. The molecule has 0 radical (unpaired) electrons. The number of ether oxygens (including phenoxy) is 1. The molecule has 1 aromatic carbocycles. The van der Waals surface area contributed by atoms with Crippen molar-refractivity contribution in [2.75, 3.05) is 18.9 Å². The first-order valence-corrected chi connectivity index (χ1v) is 14.4. The van der Waals surface area contributed by atoms with E-state index in [9.17, 15) is 18.0 Å². The number of carbonyl (C=O) groups is 2. The minimum absolute atomic E-state index is 0.0191.